The zero-order valence-electron chi connectivity index (χ0n) is 12.8. The van der Waals surface area contributed by atoms with Crippen LogP contribution in [0.25, 0.3) is 0 Å². The van der Waals surface area contributed by atoms with E-state index in [9.17, 15) is 40.5 Å². The van der Waals surface area contributed by atoms with Gasteiger partial charge in [-0.05, 0) is 0 Å². The van der Waals surface area contributed by atoms with Crippen molar-refractivity contribution in [1.29, 1.82) is 0 Å². The lowest BCUT2D eigenvalue weighted by molar-refractivity contribution is -0.224. The molecular weight excluding hydrogens is 352 g/mol. The highest BCUT2D eigenvalue weighted by Gasteiger charge is 2.39. The fourth-order valence-electron chi connectivity index (χ4n) is 1.63. The van der Waals surface area contributed by atoms with E-state index in [0.29, 0.717) is 0 Å². The fourth-order valence-corrected chi connectivity index (χ4v) is 1.63. The molecule has 0 spiro atoms. The average Bonchev–Trinajstić information content (AvgIpc) is 2.62. The lowest BCUT2D eigenvalue weighted by Gasteiger charge is -2.29. The van der Waals surface area contributed by atoms with Gasteiger partial charge in [-0.15, -0.1) is 0 Å². The molecule has 0 saturated heterocycles. The molecule has 0 rings (SSSR count). The molecule has 13 heteroatoms. The van der Waals surface area contributed by atoms with E-state index in [-0.39, 0.29) is 0 Å². The van der Waals surface area contributed by atoms with Gasteiger partial charge in [-0.1, -0.05) is 0 Å². The number of ether oxygens (including phenoxy) is 1. The number of aliphatic hydroxyl groups excluding tert-OH is 11. The third-order valence-corrected chi connectivity index (χ3v) is 3.31. The van der Waals surface area contributed by atoms with Crippen molar-refractivity contribution in [2.45, 2.75) is 55.1 Å². The first-order valence-corrected chi connectivity index (χ1v) is 7.04. The molecule has 0 aromatic rings. The number of aliphatic hydroxyl groups is 11. The Hall–Kier alpha value is -0.970. The number of carbonyl (C=O) groups is 1. The molecule has 0 aliphatic heterocycles. The summed E-state index contributed by atoms with van der Waals surface area (Å²) in [5.41, 5.74) is 0. The minimum absolute atomic E-state index is 0.989. The second-order valence-electron chi connectivity index (χ2n) is 5.23. The number of hydrogen-bond acceptors (Lipinski definition) is 13. The van der Waals surface area contributed by atoms with Gasteiger partial charge in [0.05, 0.1) is 13.2 Å². The molecule has 0 amide bonds. The van der Waals surface area contributed by atoms with Crippen LogP contribution < -0.4 is 0 Å². The Morgan fingerprint density at radius 2 is 1.04 bits per heavy atom. The molecule has 11 N–H and O–H groups in total. The van der Waals surface area contributed by atoms with E-state index >= 15 is 0 Å². The smallest absolute Gasteiger partial charge is 0.340 e. The standard InChI is InChI=1S/C12H24O13/c13-1-3(15)5(17)7(19)9(21)11(23)25-12(24)10(22)8(20)6(18)4(16)2-14/h3-11,13-23H,1-2H2/t3-,4?,5-,6?,7-,8?,9-,10?,11?/m1/s1. The van der Waals surface area contributed by atoms with Crippen molar-refractivity contribution in [2.75, 3.05) is 13.2 Å². The number of hydrogen-bond donors (Lipinski definition) is 11. The van der Waals surface area contributed by atoms with Gasteiger partial charge in [0, 0.05) is 0 Å². The summed E-state index contributed by atoms with van der Waals surface area (Å²) in [6.45, 7) is -1.99. The van der Waals surface area contributed by atoms with Crippen molar-refractivity contribution < 1.29 is 65.7 Å². The van der Waals surface area contributed by atoms with Crippen molar-refractivity contribution in [2.24, 2.45) is 0 Å². The molecule has 0 aromatic carbocycles. The van der Waals surface area contributed by atoms with Crippen LogP contribution >= 0.6 is 0 Å². The summed E-state index contributed by atoms with van der Waals surface area (Å²) in [6, 6.07) is 0. The van der Waals surface area contributed by atoms with E-state index in [2.05, 4.69) is 4.74 Å². The molecular formula is C12H24O13. The van der Waals surface area contributed by atoms with Gasteiger partial charge in [-0.2, -0.15) is 0 Å². The van der Waals surface area contributed by atoms with Crippen molar-refractivity contribution in [3.8, 4) is 0 Å². The first kappa shape index (κ1) is 24.0. The van der Waals surface area contributed by atoms with E-state index in [0.717, 1.165) is 0 Å². The summed E-state index contributed by atoms with van der Waals surface area (Å²) in [6.07, 6.45) is -20.1. The minimum atomic E-state index is -2.54. The first-order chi connectivity index (χ1) is 11.5. The van der Waals surface area contributed by atoms with Crippen molar-refractivity contribution in [3.05, 3.63) is 0 Å². The molecule has 5 unspecified atom stereocenters. The van der Waals surface area contributed by atoms with Crippen LogP contribution in [0.5, 0.6) is 0 Å². The normalized spacial score (nSPS) is 22.8. The Morgan fingerprint density at radius 3 is 1.44 bits per heavy atom. The third-order valence-electron chi connectivity index (χ3n) is 3.31. The van der Waals surface area contributed by atoms with E-state index in [1.54, 1.807) is 0 Å². The summed E-state index contributed by atoms with van der Waals surface area (Å²) in [7, 11) is 0. The lowest BCUT2D eigenvalue weighted by atomic mass is 10.0. The van der Waals surface area contributed by atoms with E-state index in [1.807, 2.05) is 0 Å². The second-order valence-corrected chi connectivity index (χ2v) is 5.23. The molecule has 0 aliphatic carbocycles. The first-order valence-electron chi connectivity index (χ1n) is 7.04. The average molecular weight is 376 g/mol. The number of esters is 1. The fraction of sp³-hybridized carbons (Fsp3) is 0.917. The van der Waals surface area contributed by atoms with E-state index < -0.39 is 74.3 Å². The van der Waals surface area contributed by atoms with Crippen LogP contribution in [-0.4, -0.2) is 130 Å². The summed E-state index contributed by atoms with van der Waals surface area (Å²) in [5.74, 6) is -1.78. The largest absolute Gasteiger partial charge is 0.431 e. The zero-order chi connectivity index (χ0) is 19.9. The van der Waals surface area contributed by atoms with Gasteiger partial charge >= 0.3 is 5.97 Å². The third kappa shape index (κ3) is 6.69. The van der Waals surface area contributed by atoms with Crippen molar-refractivity contribution in [3.63, 3.8) is 0 Å². The van der Waals surface area contributed by atoms with Gasteiger partial charge < -0.3 is 60.9 Å². The maximum Gasteiger partial charge on any atom is 0.340 e. The minimum Gasteiger partial charge on any atom is -0.431 e. The number of carbonyl (C=O) groups excluding carboxylic acids is 1. The van der Waals surface area contributed by atoms with Crippen LogP contribution in [0.15, 0.2) is 0 Å². The second kappa shape index (κ2) is 10.9. The topological polar surface area (TPSA) is 249 Å². The molecule has 0 aliphatic rings. The maximum atomic E-state index is 11.5. The highest BCUT2D eigenvalue weighted by molar-refractivity contribution is 5.75. The van der Waals surface area contributed by atoms with Crippen LogP contribution in [0.2, 0.25) is 0 Å². The molecule has 0 aromatic heterocycles. The molecule has 0 radical (unpaired) electrons. The van der Waals surface area contributed by atoms with Gasteiger partial charge in [0.2, 0.25) is 6.29 Å². The van der Waals surface area contributed by atoms with Crippen LogP contribution in [-0.2, 0) is 9.53 Å². The van der Waals surface area contributed by atoms with Crippen LogP contribution in [0.3, 0.4) is 0 Å². The molecule has 9 atom stereocenters. The maximum absolute atomic E-state index is 11.5. The zero-order valence-corrected chi connectivity index (χ0v) is 12.8. The summed E-state index contributed by atoms with van der Waals surface area (Å²) in [5, 5.41) is 101. The highest BCUT2D eigenvalue weighted by Crippen LogP contribution is 2.12. The molecule has 25 heavy (non-hydrogen) atoms. The van der Waals surface area contributed by atoms with Gasteiger partial charge in [0.25, 0.3) is 0 Å². The Labute approximate surface area is 141 Å². The molecule has 0 fully saturated rings. The quantitative estimate of drug-likeness (QED) is 0.119. The summed E-state index contributed by atoms with van der Waals surface area (Å²) >= 11 is 0. The Kier molecular flexibility index (Phi) is 10.5. The molecule has 150 valence electrons. The summed E-state index contributed by atoms with van der Waals surface area (Å²) in [4.78, 5) is 11.5. The van der Waals surface area contributed by atoms with Crippen LogP contribution in [0.4, 0.5) is 0 Å². The summed E-state index contributed by atoms with van der Waals surface area (Å²) < 4.78 is 4.13. The highest BCUT2D eigenvalue weighted by atomic mass is 16.7. The lowest BCUT2D eigenvalue weighted by Crippen LogP contribution is -2.53. The van der Waals surface area contributed by atoms with Gasteiger partial charge in [-0.25, -0.2) is 4.79 Å². The van der Waals surface area contributed by atoms with E-state index in [1.165, 1.54) is 0 Å². The molecule has 0 saturated carbocycles. The van der Waals surface area contributed by atoms with Crippen molar-refractivity contribution in [1.82, 2.24) is 0 Å². The predicted molar refractivity (Wildman–Crippen MR) is 74.3 cm³/mol. The van der Waals surface area contributed by atoms with E-state index in [4.69, 9.17) is 20.4 Å². The molecule has 0 bridgehead atoms. The Morgan fingerprint density at radius 1 is 0.640 bits per heavy atom. The van der Waals surface area contributed by atoms with Gasteiger partial charge in [-0.3, -0.25) is 0 Å². The molecule has 13 nitrogen and oxygen atoms in total. The van der Waals surface area contributed by atoms with Gasteiger partial charge in [0.15, 0.2) is 6.10 Å². The predicted octanol–water partition coefficient (Wildman–Crippen LogP) is -7.28. The Bertz CT molecular complexity index is 393. The molecule has 0 heterocycles. The van der Waals surface area contributed by atoms with Gasteiger partial charge in [0.1, 0.15) is 42.7 Å². The SMILES string of the molecule is O=C(OC(O)[C@H](O)[C@H](O)[C@H](O)[C@H](O)CO)C(O)C(O)C(O)C(O)CO. The monoisotopic (exact) mass is 376 g/mol. The van der Waals surface area contributed by atoms with Crippen LogP contribution in [0, 0.1) is 0 Å². The van der Waals surface area contributed by atoms with Crippen LogP contribution in [0.1, 0.15) is 0 Å². The number of rotatable bonds is 11. The Balaban J connectivity index is 4.76. The van der Waals surface area contributed by atoms with Crippen molar-refractivity contribution >= 4 is 5.97 Å².